The maximum Gasteiger partial charge on any atom is 0.319 e. The van der Waals surface area contributed by atoms with Crippen molar-refractivity contribution in [1.82, 2.24) is 5.32 Å². The number of aliphatic hydroxyl groups excluding tert-OH is 1. The molecular formula is C17H22N2O2. The number of rotatable bonds is 5. The number of hydrogen-bond acceptors (Lipinski definition) is 2. The summed E-state index contributed by atoms with van der Waals surface area (Å²) in [6, 6.07) is 13.4. The fourth-order valence-corrected chi connectivity index (χ4v) is 2.42. The van der Waals surface area contributed by atoms with Gasteiger partial charge < -0.3 is 15.7 Å². The molecule has 0 aromatic heterocycles. The van der Waals surface area contributed by atoms with E-state index in [-0.39, 0.29) is 12.6 Å². The van der Waals surface area contributed by atoms with Crippen LogP contribution >= 0.6 is 0 Å². The average molecular weight is 286 g/mol. The largest absolute Gasteiger partial charge is 0.394 e. The van der Waals surface area contributed by atoms with Crippen LogP contribution in [0.4, 0.5) is 10.5 Å². The number of nitrogens with one attached hydrogen (secondary N) is 2. The number of carbonyl (C=O) groups excluding carboxylic acids is 1. The van der Waals surface area contributed by atoms with Gasteiger partial charge in [0.1, 0.15) is 0 Å². The second-order valence-electron chi connectivity index (χ2n) is 5.25. The molecule has 0 saturated heterocycles. The third-order valence-electron chi connectivity index (χ3n) is 4.07. The molecule has 0 saturated carbocycles. The standard InChI is InChI=1S/C17H22N2O2/c1-3-17(4-2,12-20)19-16(21)18-15-11-7-9-13-8-5-6-10-14(13)15/h5-11,20H,3-4,12H2,1-2H3,(H2,18,19,21). The van der Waals surface area contributed by atoms with E-state index in [9.17, 15) is 9.90 Å². The van der Waals surface area contributed by atoms with E-state index in [0.717, 1.165) is 16.5 Å². The zero-order valence-electron chi connectivity index (χ0n) is 12.5. The van der Waals surface area contributed by atoms with Gasteiger partial charge in [0, 0.05) is 5.39 Å². The molecule has 2 aromatic carbocycles. The molecule has 3 N–H and O–H groups in total. The Morgan fingerprint density at radius 1 is 1.10 bits per heavy atom. The van der Waals surface area contributed by atoms with E-state index in [4.69, 9.17) is 0 Å². The van der Waals surface area contributed by atoms with Crippen molar-refractivity contribution in [3.63, 3.8) is 0 Å². The summed E-state index contributed by atoms with van der Waals surface area (Å²) >= 11 is 0. The lowest BCUT2D eigenvalue weighted by Gasteiger charge is -2.30. The number of hydrogen-bond donors (Lipinski definition) is 3. The Bertz CT molecular complexity index is 607. The van der Waals surface area contributed by atoms with Crippen molar-refractivity contribution < 1.29 is 9.90 Å². The van der Waals surface area contributed by atoms with Crippen LogP contribution in [0.15, 0.2) is 42.5 Å². The summed E-state index contributed by atoms with van der Waals surface area (Å²) in [5.74, 6) is 0. The second kappa shape index (κ2) is 6.59. The van der Waals surface area contributed by atoms with Gasteiger partial charge in [-0.05, 0) is 24.3 Å². The predicted octanol–water partition coefficient (Wildman–Crippen LogP) is 3.51. The molecule has 0 aliphatic carbocycles. The molecule has 0 atom stereocenters. The molecule has 4 nitrogen and oxygen atoms in total. The highest BCUT2D eigenvalue weighted by Gasteiger charge is 2.27. The second-order valence-corrected chi connectivity index (χ2v) is 5.25. The van der Waals surface area contributed by atoms with Gasteiger partial charge in [-0.2, -0.15) is 0 Å². The Balaban J connectivity index is 2.19. The van der Waals surface area contributed by atoms with Gasteiger partial charge in [-0.1, -0.05) is 50.2 Å². The Morgan fingerprint density at radius 2 is 1.76 bits per heavy atom. The van der Waals surface area contributed by atoms with Crippen LogP contribution in [0, 0.1) is 0 Å². The van der Waals surface area contributed by atoms with Gasteiger partial charge >= 0.3 is 6.03 Å². The first kappa shape index (κ1) is 15.3. The summed E-state index contributed by atoms with van der Waals surface area (Å²) in [4.78, 5) is 12.2. The van der Waals surface area contributed by atoms with Gasteiger partial charge in [-0.15, -0.1) is 0 Å². The van der Waals surface area contributed by atoms with Gasteiger partial charge in [-0.25, -0.2) is 4.79 Å². The summed E-state index contributed by atoms with van der Waals surface area (Å²) in [6.07, 6.45) is 1.37. The quantitative estimate of drug-likeness (QED) is 0.787. The molecule has 0 radical (unpaired) electrons. The molecule has 0 aliphatic heterocycles. The van der Waals surface area contributed by atoms with Gasteiger partial charge in [0.2, 0.25) is 0 Å². The lowest BCUT2D eigenvalue weighted by atomic mass is 9.94. The Kier molecular flexibility index (Phi) is 4.81. The normalized spacial score (nSPS) is 11.4. The Labute approximate surface area is 125 Å². The average Bonchev–Trinajstić information content (AvgIpc) is 2.53. The van der Waals surface area contributed by atoms with Crippen molar-refractivity contribution in [3.05, 3.63) is 42.5 Å². The fraction of sp³-hybridized carbons (Fsp3) is 0.353. The molecule has 0 unspecified atom stereocenters. The van der Waals surface area contributed by atoms with Gasteiger partial charge in [0.25, 0.3) is 0 Å². The molecule has 0 spiro atoms. The van der Waals surface area contributed by atoms with E-state index < -0.39 is 5.54 Å². The third kappa shape index (κ3) is 3.34. The first-order valence-corrected chi connectivity index (χ1v) is 7.32. The highest BCUT2D eigenvalue weighted by molar-refractivity contribution is 6.01. The molecular weight excluding hydrogens is 264 g/mol. The molecule has 2 aromatic rings. The molecule has 0 aliphatic rings. The van der Waals surface area contributed by atoms with Crippen molar-refractivity contribution in [1.29, 1.82) is 0 Å². The van der Waals surface area contributed by atoms with Crippen molar-refractivity contribution >= 4 is 22.5 Å². The zero-order chi connectivity index (χ0) is 15.3. The van der Waals surface area contributed by atoms with Crippen LogP contribution in [0.3, 0.4) is 0 Å². The summed E-state index contributed by atoms with van der Waals surface area (Å²) in [5.41, 5.74) is 0.207. The van der Waals surface area contributed by atoms with E-state index >= 15 is 0 Å². The SMILES string of the molecule is CCC(CC)(CO)NC(=O)Nc1cccc2ccccc12. The summed E-state index contributed by atoms with van der Waals surface area (Å²) in [7, 11) is 0. The molecule has 2 rings (SSSR count). The first-order chi connectivity index (χ1) is 10.1. The van der Waals surface area contributed by atoms with Crippen LogP contribution in [0.5, 0.6) is 0 Å². The van der Waals surface area contributed by atoms with E-state index in [1.165, 1.54) is 0 Å². The number of benzene rings is 2. The maximum atomic E-state index is 12.2. The van der Waals surface area contributed by atoms with Crippen molar-refractivity contribution in [2.24, 2.45) is 0 Å². The highest BCUT2D eigenvalue weighted by atomic mass is 16.3. The molecule has 0 bridgehead atoms. The predicted molar refractivity (Wildman–Crippen MR) is 86.5 cm³/mol. The van der Waals surface area contributed by atoms with Gasteiger partial charge in [0.05, 0.1) is 17.8 Å². The number of carbonyl (C=O) groups is 1. The Morgan fingerprint density at radius 3 is 2.43 bits per heavy atom. The van der Waals surface area contributed by atoms with Crippen molar-refractivity contribution in [2.75, 3.05) is 11.9 Å². The molecule has 4 heteroatoms. The molecule has 2 amide bonds. The number of anilines is 1. The molecule has 21 heavy (non-hydrogen) atoms. The maximum absolute atomic E-state index is 12.2. The van der Waals surface area contributed by atoms with Crippen LogP contribution in [-0.4, -0.2) is 23.3 Å². The first-order valence-electron chi connectivity index (χ1n) is 7.32. The minimum Gasteiger partial charge on any atom is -0.394 e. The van der Waals surface area contributed by atoms with E-state index in [1.54, 1.807) is 0 Å². The topological polar surface area (TPSA) is 61.4 Å². The van der Waals surface area contributed by atoms with Crippen LogP contribution in [-0.2, 0) is 0 Å². The lowest BCUT2D eigenvalue weighted by Crippen LogP contribution is -2.52. The number of urea groups is 1. The van der Waals surface area contributed by atoms with E-state index in [2.05, 4.69) is 10.6 Å². The fourth-order valence-electron chi connectivity index (χ4n) is 2.42. The molecule has 0 heterocycles. The Hall–Kier alpha value is -2.07. The van der Waals surface area contributed by atoms with Crippen molar-refractivity contribution in [3.8, 4) is 0 Å². The van der Waals surface area contributed by atoms with E-state index in [0.29, 0.717) is 12.8 Å². The minimum atomic E-state index is -0.561. The summed E-state index contributed by atoms with van der Waals surface area (Å²) < 4.78 is 0. The van der Waals surface area contributed by atoms with Crippen LogP contribution in [0.25, 0.3) is 10.8 Å². The summed E-state index contributed by atoms with van der Waals surface area (Å²) in [5, 5.41) is 17.4. The number of fused-ring (bicyclic) bond motifs is 1. The molecule has 0 fully saturated rings. The van der Waals surface area contributed by atoms with E-state index in [1.807, 2.05) is 56.3 Å². The van der Waals surface area contributed by atoms with Crippen LogP contribution in [0.2, 0.25) is 0 Å². The molecule has 112 valence electrons. The zero-order valence-corrected chi connectivity index (χ0v) is 12.5. The smallest absolute Gasteiger partial charge is 0.319 e. The van der Waals surface area contributed by atoms with Gasteiger partial charge in [0.15, 0.2) is 0 Å². The number of amides is 2. The number of aliphatic hydroxyl groups is 1. The van der Waals surface area contributed by atoms with Crippen LogP contribution < -0.4 is 10.6 Å². The monoisotopic (exact) mass is 286 g/mol. The minimum absolute atomic E-state index is 0.0665. The summed E-state index contributed by atoms with van der Waals surface area (Å²) in [6.45, 7) is 3.85. The lowest BCUT2D eigenvalue weighted by molar-refractivity contribution is 0.155. The van der Waals surface area contributed by atoms with Crippen LogP contribution in [0.1, 0.15) is 26.7 Å². The van der Waals surface area contributed by atoms with Crippen molar-refractivity contribution in [2.45, 2.75) is 32.2 Å². The highest BCUT2D eigenvalue weighted by Crippen LogP contribution is 2.23. The van der Waals surface area contributed by atoms with Gasteiger partial charge in [-0.3, -0.25) is 0 Å². The third-order valence-corrected chi connectivity index (χ3v) is 4.07.